The van der Waals surface area contributed by atoms with Gasteiger partial charge in [-0.15, -0.1) is 0 Å². The molecule has 0 unspecified atom stereocenters. The summed E-state index contributed by atoms with van der Waals surface area (Å²) in [5, 5.41) is 0. The summed E-state index contributed by atoms with van der Waals surface area (Å²) in [6.07, 6.45) is 0.371. The Morgan fingerprint density at radius 3 is 2.92 bits per heavy atom. The highest BCUT2D eigenvalue weighted by Crippen LogP contribution is 2.34. The van der Waals surface area contributed by atoms with E-state index in [9.17, 15) is 0 Å². The van der Waals surface area contributed by atoms with Crippen LogP contribution in [0, 0.1) is 0 Å². The third kappa shape index (κ3) is 1.68. The zero-order valence-electron chi connectivity index (χ0n) is 7.99. The Labute approximate surface area is 78.5 Å². The van der Waals surface area contributed by atoms with E-state index in [0.29, 0.717) is 6.61 Å². The molecule has 0 amide bonds. The van der Waals surface area contributed by atoms with Crippen LogP contribution in [0.1, 0.15) is 25.5 Å². The minimum Gasteiger partial charge on any atom is -0.490 e. The second-order valence-corrected chi connectivity index (χ2v) is 3.52. The Hall–Kier alpha value is -1.02. The molecule has 0 fully saturated rings. The van der Waals surface area contributed by atoms with Crippen molar-refractivity contribution in [2.45, 2.75) is 26.1 Å². The highest BCUT2D eigenvalue weighted by atomic mass is 16.5. The summed E-state index contributed by atoms with van der Waals surface area (Å²) < 4.78 is 11.2. The second kappa shape index (κ2) is 3.38. The molecule has 0 spiro atoms. The average molecular weight is 178 g/mol. The van der Waals surface area contributed by atoms with E-state index in [1.807, 2.05) is 32.0 Å². The van der Waals surface area contributed by atoms with E-state index in [-0.39, 0.29) is 12.2 Å². The predicted molar refractivity (Wildman–Crippen MR) is 50.9 cm³/mol. The molecule has 2 heteroatoms. The van der Waals surface area contributed by atoms with Gasteiger partial charge >= 0.3 is 0 Å². The maximum Gasteiger partial charge on any atom is 0.125 e. The molecule has 0 aromatic heterocycles. The molecule has 1 aromatic rings. The normalized spacial score (nSPS) is 20.1. The minimum atomic E-state index is 0.121. The van der Waals surface area contributed by atoms with Crippen LogP contribution < -0.4 is 4.74 Å². The molecule has 0 N–H and O–H groups in total. The van der Waals surface area contributed by atoms with E-state index in [1.165, 1.54) is 5.56 Å². The fourth-order valence-corrected chi connectivity index (χ4v) is 1.57. The molecule has 2 rings (SSSR count). The van der Waals surface area contributed by atoms with Gasteiger partial charge in [-0.2, -0.15) is 0 Å². The monoisotopic (exact) mass is 178 g/mol. The van der Waals surface area contributed by atoms with Crippen molar-refractivity contribution >= 4 is 0 Å². The number of rotatable bonds is 2. The molecule has 1 aliphatic heterocycles. The first-order chi connectivity index (χ1) is 6.27. The van der Waals surface area contributed by atoms with Gasteiger partial charge in [-0.25, -0.2) is 0 Å². The predicted octanol–water partition coefficient (Wildman–Crippen LogP) is 2.55. The summed E-state index contributed by atoms with van der Waals surface area (Å²) in [5.41, 5.74) is 1.18. The Morgan fingerprint density at radius 1 is 1.38 bits per heavy atom. The van der Waals surface area contributed by atoms with Gasteiger partial charge in [-0.3, -0.25) is 0 Å². The first kappa shape index (κ1) is 8.57. The quantitative estimate of drug-likeness (QED) is 0.692. The van der Waals surface area contributed by atoms with Gasteiger partial charge in [-0.05, 0) is 19.9 Å². The van der Waals surface area contributed by atoms with Gasteiger partial charge in [0.25, 0.3) is 0 Å². The van der Waals surface area contributed by atoms with Crippen molar-refractivity contribution in [3.63, 3.8) is 0 Å². The van der Waals surface area contributed by atoms with Crippen LogP contribution in [0.3, 0.4) is 0 Å². The first-order valence-corrected chi connectivity index (χ1v) is 4.64. The lowest BCUT2D eigenvalue weighted by Gasteiger charge is -2.13. The summed E-state index contributed by atoms with van der Waals surface area (Å²) in [5.74, 6) is 0.966. The number of fused-ring (bicyclic) bond motifs is 1. The van der Waals surface area contributed by atoms with Gasteiger partial charge in [-0.1, -0.05) is 18.2 Å². The van der Waals surface area contributed by atoms with Gasteiger partial charge in [0.1, 0.15) is 18.5 Å². The van der Waals surface area contributed by atoms with Crippen LogP contribution in [-0.2, 0) is 4.74 Å². The topological polar surface area (TPSA) is 18.5 Å². The lowest BCUT2D eigenvalue weighted by Crippen LogP contribution is -2.11. The summed E-state index contributed by atoms with van der Waals surface area (Å²) >= 11 is 0. The summed E-state index contributed by atoms with van der Waals surface area (Å²) in [4.78, 5) is 0. The Balaban J connectivity index is 2.18. The van der Waals surface area contributed by atoms with Crippen LogP contribution in [-0.4, -0.2) is 12.7 Å². The Kier molecular flexibility index (Phi) is 2.23. The van der Waals surface area contributed by atoms with Crippen molar-refractivity contribution in [3.05, 3.63) is 29.8 Å². The third-order valence-electron chi connectivity index (χ3n) is 2.09. The highest BCUT2D eigenvalue weighted by Gasteiger charge is 2.24. The second-order valence-electron chi connectivity index (χ2n) is 3.52. The SMILES string of the molecule is CC(C)O[C@H]1COc2ccccc21. The molecule has 0 saturated carbocycles. The highest BCUT2D eigenvalue weighted by molar-refractivity contribution is 5.38. The molecule has 1 aromatic carbocycles. The third-order valence-corrected chi connectivity index (χ3v) is 2.09. The summed E-state index contributed by atoms with van der Waals surface area (Å²) in [7, 11) is 0. The fourth-order valence-electron chi connectivity index (χ4n) is 1.57. The largest absolute Gasteiger partial charge is 0.490 e. The molecular formula is C11H14O2. The Bertz CT molecular complexity index is 294. The van der Waals surface area contributed by atoms with Crippen LogP contribution in [0.4, 0.5) is 0 Å². The zero-order valence-corrected chi connectivity index (χ0v) is 7.99. The van der Waals surface area contributed by atoms with Gasteiger partial charge in [0, 0.05) is 5.56 Å². The van der Waals surface area contributed by atoms with Crippen LogP contribution >= 0.6 is 0 Å². The number of para-hydroxylation sites is 1. The van der Waals surface area contributed by atoms with E-state index in [2.05, 4.69) is 6.07 Å². The lowest BCUT2D eigenvalue weighted by molar-refractivity contribution is -0.00342. The molecule has 1 heterocycles. The van der Waals surface area contributed by atoms with E-state index in [4.69, 9.17) is 9.47 Å². The molecule has 2 nitrogen and oxygen atoms in total. The lowest BCUT2D eigenvalue weighted by atomic mass is 10.1. The van der Waals surface area contributed by atoms with E-state index in [0.717, 1.165) is 5.75 Å². The standard InChI is InChI=1S/C11H14O2/c1-8(2)13-11-7-12-10-6-4-3-5-9(10)11/h3-6,8,11H,7H2,1-2H3/t11-/m0/s1. The van der Waals surface area contributed by atoms with Crippen molar-refractivity contribution in [2.24, 2.45) is 0 Å². The number of ether oxygens (including phenoxy) is 2. The number of hydrogen-bond acceptors (Lipinski definition) is 2. The van der Waals surface area contributed by atoms with Crippen LogP contribution in [0.5, 0.6) is 5.75 Å². The smallest absolute Gasteiger partial charge is 0.125 e. The summed E-state index contributed by atoms with van der Waals surface area (Å²) in [6, 6.07) is 8.05. The molecule has 1 aliphatic rings. The number of benzene rings is 1. The van der Waals surface area contributed by atoms with E-state index in [1.54, 1.807) is 0 Å². The molecule has 0 saturated heterocycles. The molecule has 0 aliphatic carbocycles. The van der Waals surface area contributed by atoms with Gasteiger partial charge in [0.15, 0.2) is 0 Å². The van der Waals surface area contributed by atoms with Gasteiger partial charge < -0.3 is 9.47 Å². The van der Waals surface area contributed by atoms with E-state index >= 15 is 0 Å². The van der Waals surface area contributed by atoms with Crippen LogP contribution in [0.2, 0.25) is 0 Å². The fraction of sp³-hybridized carbons (Fsp3) is 0.455. The molecule has 0 bridgehead atoms. The molecule has 70 valence electrons. The molecule has 13 heavy (non-hydrogen) atoms. The molecule has 1 atom stereocenters. The minimum absolute atomic E-state index is 0.121. The Morgan fingerprint density at radius 2 is 2.15 bits per heavy atom. The van der Waals surface area contributed by atoms with Crippen molar-refractivity contribution in [3.8, 4) is 5.75 Å². The van der Waals surface area contributed by atoms with Crippen molar-refractivity contribution in [1.29, 1.82) is 0 Å². The first-order valence-electron chi connectivity index (χ1n) is 4.64. The zero-order chi connectivity index (χ0) is 9.26. The summed E-state index contributed by atoms with van der Waals surface area (Å²) in [6.45, 7) is 4.74. The van der Waals surface area contributed by atoms with Crippen LogP contribution in [0.15, 0.2) is 24.3 Å². The van der Waals surface area contributed by atoms with Crippen molar-refractivity contribution in [1.82, 2.24) is 0 Å². The van der Waals surface area contributed by atoms with E-state index < -0.39 is 0 Å². The van der Waals surface area contributed by atoms with Crippen LogP contribution in [0.25, 0.3) is 0 Å². The van der Waals surface area contributed by atoms with Crippen molar-refractivity contribution in [2.75, 3.05) is 6.61 Å². The molecular weight excluding hydrogens is 164 g/mol. The number of hydrogen-bond donors (Lipinski definition) is 0. The van der Waals surface area contributed by atoms with Gasteiger partial charge in [0.05, 0.1) is 6.10 Å². The maximum atomic E-state index is 5.71. The average Bonchev–Trinajstić information content (AvgIpc) is 2.48. The van der Waals surface area contributed by atoms with Crippen molar-refractivity contribution < 1.29 is 9.47 Å². The molecule has 0 radical (unpaired) electrons. The van der Waals surface area contributed by atoms with Gasteiger partial charge in [0.2, 0.25) is 0 Å². The maximum absolute atomic E-state index is 5.71.